The van der Waals surface area contributed by atoms with E-state index >= 15 is 0 Å². The van der Waals surface area contributed by atoms with Gasteiger partial charge < -0.3 is 0 Å². The number of unbranched alkanes of at least 4 members (excludes halogenated alkanes) is 11. The van der Waals surface area contributed by atoms with E-state index in [9.17, 15) is 0 Å². The lowest BCUT2D eigenvalue weighted by Crippen LogP contribution is -2.08. The van der Waals surface area contributed by atoms with Gasteiger partial charge in [0.15, 0.2) is 0 Å². The van der Waals surface area contributed by atoms with Gasteiger partial charge in [-0.25, -0.2) is 0 Å². The summed E-state index contributed by atoms with van der Waals surface area (Å²) in [6.45, 7) is 6.96. The second-order valence-corrected chi connectivity index (χ2v) is 15.7. The predicted octanol–water partition coefficient (Wildman–Crippen LogP) is 8.66. The van der Waals surface area contributed by atoms with Gasteiger partial charge in [-0.3, -0.25) is 0 Å². The van der Waals surface area contributed by atoms with Gasteiger partial charge in [-0.2, -0.15) is 7.20 Å². The lowest BCUT2D eigenvalue weighted by molar-refractivity contribution is 0.652. The highest BCUT2D eigenvalue weighted by molar-refractivity contribution is 14.2. The molecule has 0 aliphatic heterocycles. The van der Waals surface area contributed by atoms with Crippen molar-refractivity contribution in [3.63, 3.8) is 0 Å². The van der Waals surface area contributed by atoms with Crippen LogP contribution in [0.4, 0.5) is 0 Å². The zero-order chi connectivity index (χ0) is 16.5. The summed E-state index contributed by atoms with van der Waals surface area (Å²) in [7, 11) is -0.324. The van der Waals surface area contributed by atoms with Crippen molar-refractivity contribution in [2.45, 2.75) is 111 Å². The van der Waals surface area contributed by atoms with E-state index in [0.29, 0.717) is 0 Å². The lowest BCUT2D eigenvalue weighted by atomic mass is 10.2. The van der Waals surface area contributed by atoms with Crippen LogP contribution in [0.3, 0.4) is 0 Å². The van der Waals surface area contributed by atoms with Crippen LogP contribution < -0.4 is 0 Å². The van der Waals surface area contributed by atoms with Crippen LogP contribution in [0.2, 0.25) is 0 Å². The first-order chi connectivity index (χ1) is 10.7. The fraction of sp³-hybridized carbons (Fsp3) is 1.00. The molecule has 0 rings (SSSR count). The fourth-order valence-electron chi connectivity index (χ4n) is 3.02. The van der Waals surface area contributed by atoms with Gasteiger partial charge in [0.05, 0.1) is 0 Å². The van der Waals surface area contributed by atoms with Crippen LogP contribution in [0, 0.1) is 0 Å². The Morgan fingerprint density at radius 2 is 0.727 bits per heavy atom. The van der Waals surface area contributed by atoms with Crippen molar-refractivity contribution in [1.82, 2.24) is 0 Å². The molecule has 0 aromatic rings. The van der Waals surface area contributed by atoms with Gasteiger partial charge in [-0.15, -0.1) is 0 Å². The smallest absolute Gasteiger partial charge is 0.0144 e. The molecular weight excluding hydrogens is 399 g/mol. The van der Waals surface area contributed by atoms with Crippen LogP contribution in [0.25, 0.3) is 0 Å². The molecule has 0 aromatic carbocycles. The maximum Gasteiger partial charge on any atom is -0.0144 e. The molecule has 0 N–H and O–H groups in total. The highest BCUT2D eigenvalue weighted by atomic mass is 127. The Balaban J connectivity index is 3.99. The largest absolute Gasteiger partial charge is 0.187 e. The van der Waals surface area contributed by atoms with Gasteiger partial charge in [0.2, 0.25) is 0 Å². The van der Waals surface area contributed by atoms with Crippen LogP contribution in [0.5, 0.6) is 0 Å². The first-order valence-electron chi connectivity index (χ1n) is 10.1. The molecule has 0 bridgehead atoms. The van der Waals surface area contributed by atoms with Crippen molar-refractivity contribution < 1.29 is 0 Å². The molecule has 0 heterocycles. The molecule has 0 nitrogen and oxygen atoms in total. The second-order valence-electron chi connectivity index (χ2n) is 6.94. The Hall–Kier alpha value is 1.08. The number of hydrogen-bond acceptors (Lipinski definition) is 0. The van der Waals surface area contributed by atoms with Crippen molar-refractivity contribution in [3.05, 3.63) is 0 Å². The Morgan fingerprint density at radius 3 is 1.05 bits per heavy atom. The third kappa shape index (κ3) is 14.7. The summed E-state index contributed by atoms with van der Waals surface area (Å²) in [5.74, 6) is 4.66. The summed E-state index contributed by atoms with van der Waals surface area (Å²) in [6, 6.07) is 0. The van der Waals surface area contributed by atoms with Crippen LogP contribution in [0.1, 0.15) is 111 Å². The Morgan fingerprint density at radius 1 is 0.455 bits per heavy atom. The SMILES string of the molecule is CCCCCCCS(I)(CCCCCC)CCCCCCC. The molecule has 0 saturated carbocycles. The predicted molar refractivity (Wildman–Crippen MR) is 118 cm³/mol. The van der Waals surface area contributed by atoms with E-state index in [0.717, 1.165) is 0 Å². The van der Waals surface area contributed by atoms with Crippen LogP contribution in [-0.4, -0.2) is 17.3 Å². The fourth-order valence-corrected chi connectivity index (χ4v) is 8.60. The minimum absolute atomic E-state index is 0.324. The van der Waals surface area contributed by atoms with Crippen molar-refractivity contribution in [2.75, 3.05) is 17.3 Å². The van der Waals surface area contributed by atoms with Gasteiger partial charge in [0.1, 0.15) is 0 Å². The number of halogens is 1. The zero-order valence-electron chi connectivity index (χ0n) is 15.8. The van der Waals surface area contributed by atoms with E-state index in [-0.39, 0.29) is 7.20 Å². The van der Waals surface area contributed by atoms with E-state index in [1.807, 2.05) is 0 Å². The van der Waals surface area contributed by atoms with Crippen molar-refractivity contribution >= 4 is 28.4 Å². The number of rotatable bonds is 17. The van der Waals surface area contributed by atoms with Crippen LogP contribution in [-0.2, 0) is 0 Å². The summed E-state index contributed by atoms with van der Waals surface area (Å²) in [6.07, 6.45) is 20.3. The molecule has 136 valence electrons. The summed E-state index contributed by atoms with van der Waals surface area (Å²) >= 11 is 2.93. The Labute approximate surface area is 155 Å². The molecule has 0 unspecified atom stereocenters. The molecule has 0 aromatic heterocycles. The van der Waals surface area contributed by atoms with E-state index in [2.05, 4.69) is 42.0 Å². The van der Waals surface area contributed by atoms with Crippen molar-refractivity contribution in [3.8, 4) is 0 Å². The normalized spacial score (nSPS) is 12.7. The highest BCUT2D eigenvalue weighted by Crippen LogP contribution is 2.58. The highest BCUT2D eigenvalue weighted by Gasteiger charge is 2.19. The first kappa shape index (κ1) is 23.1. The number of hydrogen-bond donors (Lipinski definition) is 0. The molecule has 0 spiro atoms. The monoisotopic (exact) mass is 442 g/mol. The van der Waals surface area contributed by atoms with Gasteiger partial charge in [-0.1, -0.05) is 91.4 Å². The molecule has 0 saturated heterocycles. The minimum Gasteiger partial charge on any atom is -0.187 e. The zero-order valence-corrected chi connectivity index (χ0v) is 18.8. The van der Waals surface area contributed by atoms with Gasteiger partial charge in [0.25, 0.3) is 0 Å². The molecule has 0 aliphatic carbocycles. The maximum atomic E-state index is 2.93. The summed E-state index contributed by atoms with van der Waals surface area (Å²) in [5, 5.41) is 0. The maximum absolute atomic E-state index is 2.93. The van der Waals surface area contributed by atoms with Gasteiger partial charge >= 0.3 is 0 Å². The molecule has 0 atom stereocenters. The molecule has 0 amide bonds. The molecule has 2 heteroatoms. The summed E-state index contributed by atoms with van der Waals surface area (Å²) in [5.41, 5.74) is 0. The Kier molecular flexibility index (Phi) is 17.8. The average Bonchev–Trinajstić information content (AvgIpc) is 2.51. The standard InChI is InChI=1S/C20H43IS/c1-4-7-10-13-16-19-22(21,18-15-12-9-6-3)20-17-14-11-8-5-2/h4-20H2,1-3H3. The van der Waals surface area contributed by atoms with E-state index < -0.39 is 0 Å². The van der Waals surface area contributed by atoms with Crippen LogP contribution >= 0.6 is 28.4 Å². The summed E-state index contributed by atoms with van der Waals surface area (Å²) < 4.78 is 0. The van der Waals surface area contributed by atoms with Crippen LogP contribution in [0.15, 0.2) is 0 Å². The quantitative estimate of drug-likeness (QED) is 0.156. The Bertz CT molecular complexity index is 204. The van der Waals surface area contributed by atoms with E-state index in [4.69, 9.17) is 0 Å². The summed E-state index contributed by atoms with van der Waals surface area (Å²) in [4.78, 5) is 0. The van der Waals surface area contributed by atoms with Gasteiger partial charge in [-0.05, 0) is 57.7 Å². The average molecular weight is 443 g/mol. The van der Waals surface area contributed by atoms with Crippen molar-refractivity contribution in [2.24, 2.45) is 0 Å². The molecule has 22 heavy (non-hydrogen) atoms. The molecule has 0 aliphatic rings. The molecule has 0 fully saturated rings. The third-order valence-corrected chi connectivity index (χ3v) is 11.6. The topological polar surface area (TPSA) is 0 Å². The second kappa shape index (κ2) is 16.9. The van der Waals surface area contributed by atoms with Gasteiger partial charge in [0, 0.05) is 0 Å². The van der Waals surface area contributed by atoms with E-state index in [1.165, 1.54) is 89.9 Å². The minimum atomic E-state index is -0.324. The molecular formula is C20H43IS. The molecule has 0 radical (unpaired) electrons. The van der Waals surface area contributed by atoms with Crippen molar-refractivity contribution in [1.29, 1.82) is 0 Å². The first-order valence-corrected chi connectivity index (χ1v) is 14.8. The van der Waals surface area contributed by atoms with E-state index in [1.54, 1.807) is 17.3 Å². The third-order valence-electron chi connectivity index (χ3n) is 4.59. The lowest BCUT2D eigenvalue weighted by Gasteiger charge is -2.34.